The van der Waals surface area contributed by atoms with Crippen molar-refractivity contribution in [1.29, 1.82) is 0 Å². The molecule has 1 fully saturated rings. The topological polar surface area (TPSA) is 55.0 Å². The SMILES string of the molecule is CCC1(N)CN(c2ccnc(C)n2)C1. The number of aromatic nitrogens is 2. The summed E-state index contributed by atoms with van der Waals surface area (Å²) in [6, 6.07) is 1.93. The molecule has 0 aromatic carbocycles. The molecule has 1 aromatic heterocycles. The van der Waals surface area contributed by atoms with E-state index in [-0.39, 0.29) is 5.54 Å². The van der Waals surface area contributed by atoms with Gasteiger partial charge < -0.3 is 10.6 Å². The van der Waals surface area contributed by atoms with Crippen LogP contribution in [0.4, 0.5) is 5.82 Å². The molecule has 14 heavy (non-hydrogen) atoms. The van der Waals surface area contributed by atoms with Crippen molar-refractivity contribution in [3.05, 3.63) is 18.1 Å². The molecule has 0 spiro atoms. The van der Waals surface area contributed by atoms with Crippen LogP contribution in [0.1, 0.15) is 19.2 Å². The smallest absolute Gasteiger partial charge is 0.132 e. The zero-order valence-corrected chi connectivity index (χ0v) is 8.70. The van der Waals surface area contributed by atoms with Gasteiger partial charge in [0.05, 0.1) is 5.54 Å². The quantitative estimate of drug-likeness (QED) is 0.750. The summed E-state index contributed by atoms with van der Waals surface area (Å²) in [4.78, 5) is 10.6. The van der Waals surface area contributed by atoms with Crippen LogP contribution in [0.25, 0.3) is 0 Å². The fourth-order valence-corrected chi connectivity index (χ4v) is 1.72. The largest absolute Gasteiger partial charge is 0.353 e. The lowest BCUT2D eigenvalue weighted by atomic mass is 9.88. The van der Waals surface area contributed by atoms with Crippen LogP contribution in [-0.4, -0.2) is 28.6 Å². The van der Waals surface area contributed by atoms with Crippen LogP contribution >= 0.6 is 0 Å². The van der Waals surface area contributed by atoms with Crippen molar-refractivity contribution in [2.45, 2.75) is 25.8 Å². The van der Waals surface area contributed by atoms with Crippen LogP contribution in [0.15, 0.2) is 12.3 Å². The number of aryl methyl sites for hydroxylation is 1. The van der Waals surface area contributed by atoms with E-state index in [1.807, 2.05) is 13.0 Å². The number of anilines is 1. The predicted molar refractivity (Wildman–Crippen MR) is 56.2 cm³/mol. The van der Waals surface area contributed by atoms with Crippen molar-refractivity contribution < 1.29 is 0 Å². The highest BCUT2D eigenvalue weighted by Gasteiger charge is 2.38. The van der Waals surface area contributed by atoms with Crippen molar-refractivity contribution in [3.8, 4) is 0 Å². The summed E-state index contributed by atoms with van der Waals surface area (Å²) in [6.45, 7) is 5.83. The van der Waals surface area contributed by atoms with Gasteiger partial charge in [-0.15, -0.1) is 0 Å². The summed E-state index contributed by atoms with van der Waals surface area (Å²) in [5, 5.41) is 0. The van der Waals surface area contributed by atoms with Crippen LogP contribution in [0.2, 0.25) is 0 Å². The molecule has 1 saturated heterocycles. The lowest BCUT2D eigenvalue weighted by Crippen LogP contribution is -2.67. The van der Waals surface area contributed by atoms with Gasteiger partial charge in [0.1, 0.15) is 11.6 Å². The standard InChI is InChI=1S/C10H16N4/c1-3-10(11)6-14(7-10)9-4-5-12-8(2)13-9/h4-5H,3,6-7,11H2,1-2H3. The molecule has 0 atom stereocenters. The Balaban J connectivity index is 2.06. The second-order valence-corrected chi connectivity index (χ2v) is 4.03. The lowest BCUT2D eigenvalue weighted by Gasteiger charge is -2.48. The summed E-state index contributed by atoms with van der Waals surface area (Å²) in [6.07, 6.45) is 2.81. The maximum absolute atomic E-state index is 6.08. The van der Waals surface area contributed by atoms with E-state index in [0.717, 1.165) is 31.2 Å². The first-order valence-corrected chi connectivity index (χ1v) is 4.96. The van der Waals surface area contributed by atoms with Crippen LogP contribution in [0.3, 0.4) is 0 Å². The molecule has 0 unspecified atom stereocenters. The average Bonchev–Trinajstić information content (AvgIpc) is 2.13. The number of hydrogen-bond donors (Lipinski definition) is 1. The molecule has 1 aromatic rings. The molecule has 1 aliphatic heterocycles. The van der Waals surface area contributed by atoms with E-state index in [9.17, 15) is 0 Å². The molecule has 0 amide bonds. The Morgan fingerprint density at radius 3 is 2.86 bits per heavy atom. The second kappa shape index (κ2) is 3.20. The molecule has 0 aliphatic carbocycles. The van der Waals surface area contributed by atoms with Crippen LogP contribution in [0, 0.1) is 6.92 Å². The zero-order valence-electron chi connectivity index (χ0n) is 8.70. The fraction of sp³-hybridized carbons (Fsp3) is 0.600. The van der Waals surface area contributed by atoms with Crippen LogP contribution in [0.5, 0.6) is 0 Å². The molecule has 0 bridgehead atoms. The van der Waals surface area contributed by atoms with Crippen molar-refractivity contribution in [2.75, 3.05) is 18.0 Å². The lowest BCUT2D eigenvalue weighted by molar-refractivity contribution is 0.320. The van der Waals surface area contributed by atoms with Crippen molar-refractivity contribution in [2.24, 2.45) is 5.73 Å². The maximum atomic E-state index is 6.08. The molecule has 4 heteroatoms. The van der Waals surface area contributed by atoms with Gasteiger partial charge in [0.2, 0.25) is 0 Å². The molecular weight excluding hydrogens is 176 g/mol. The Morgan fingerprint density at radius 1 is 1.57 bits per heavy atom. The Morgan fingerprint density at radius 2 is 2.29 bits per heavy atom. The van der Waals surface area contributed by atoms with Crippen LogP contribution in [-0.2, 0) is 0 Å². The van der Waals surface area contributed by atoms with Gasteiger partial charge in [0.15, 0.2) is 0 Å². The Kier molecular flexibility index (Phi) is 2.15. The van der Waals surface area contributed by atoms with Crippen molar-refractivity contribution in [1.82, 2.24) is 9.97 Å². The minimum Gasteiger partial charge on any atom is -0.353 e. The number of nitrogens with two attached hydrogens (primary N) is 1. The molecule has 2 rings (SSSR count). The molecule has 2 N–H and O–H groups in total. The Labute approximate surface area is 84.2 Å². The first-order valence-electron chi connectivity index (χ1n) is 4.96. The monoisotopic (exact) mass is 192 g/mol. The van der Waals surface area contributed by atoms with E-state index >= 15 is 0 Å². The van der Waals surface area contributed by atoms with Crippen molar-refractivity contribution in [3.63, 3.8) is 0 Å². The third-order valence-electron chi connectivity index (χ3n) is 2.80. The molecule has 76 valence electrons. The minimum absolute atomic E-state index is 0.00114. The third kappa shape index (κ3) is 1.57. The van der Waals surface area contributed by atoms with Gasteiger partial charge in [-0.1, -0.05) is 6.92 Å². The number of nitrogens with zero attached hydrogens (tertiary/aromatic N) is 3. The summed E-state index contributed by atoms with van der Waals surface area (Å²) in [7, 11) is 0. The van der Waals surface area contributed by atoms with Crippen molar-refractivity contribution >= 4 is 5.82 Å². The van der Waals surface area contributed by atoms with Gasteiger partial charge in [-0.2, -0.15) is 0 Å². The number of rotatable bonds is 2. The molecule has 0 radical (unpaired) electrons. The maximum Gasteiger partial charge on any atom is 0.132 e. The van der Waals surface area contributed by atoms with E-state index < -0.39 is 0 Å². The molecular formula is C10H16N4. The van der Waals surface area contributed by atoms with E-state index in [2.05, 4.69) is 21.8 Å². The summed E-state index contributed by atoms with van der Waals surface area (Å²) >= 11 is 0. The first-order chi connectivity index (χ1) is 6.63. The molecule has 4 nitrogen and oxygen atoms in total. The normalized spacial score (nSPS) is 19.2. The summed E-state index contributed by atoms with van der Waals surface area (Å²) in [5.41, 5.74) is 6.08. The van der Waals surface area contributed by atoms with E-state index in [4.69, 9.17) is 5.73 Å². The van der Waals surface area contributed by atoms with E-state index in [1.54, 1.807) is 6.20 Å². The van der Waals surface area contributed by atoms with Gasteiger partial charge in [-0.05, 0) is 19.4 Å². The van der Waals surface area contributed by atoms with Crippen LogP contribution < -0.4 is 10.6 Å². The highest BCUT2D eigenvalue weighted by atomic mass is 15.3. The van der Waals surface area contributed by atoms with E-state index in [0.29, 0.717) is 0 Å². The van der Waals surface area contributed by atoms with Gasteiger partial charge >= 0.3 is 0 Å². The second-order valence-electron chi connectivity index (χ2n) is 4.03. The Bertz CT molecular complexity index is 331. The highest BCUT2D eigenvalue weighted by Crippen LogP contribution is 2.26. The van der Waals surface area contributed by atoms with Gasteiger partial charge in [-0.3, -0.25) is 0 Å². The zero-order chi connectivity index (χ0) is 10.2. The molecule has 0 saturated carbocycles. The van der Waals surface area contributed by atoms with Gasteiger partial charge in [-0.25, -0.2) is 9.97 Å². The number of hydrogen-bond acceptors (Lipinski definition) is 4. The molecule has 2 heterocycles. The predicted octanol–water partition coefficient (Wildman–Crippen LogP) is 0.713. The average molecular weight is 192 g/mol. The molecule has 1 aliphatic rings. The minimum atomic E-state index is -0.00114. The van der Waals surface area contributed by atoms with Gasteiger partial charge in [0, 0.05) is 19.3 Å². The summed E-state index contributed by atoms with van der Waals surface area (Å²) in [5.74, 6) is 1.81. The first kappa shape index (κ1) is 9.40. The van der Waals surface area contributed by atoms with E-state index in [1.165, 1.54) is 0 Å². The summed E-state index contributed by atoms with van der Waals surface area (Å²) < 4.78 is 0. The third-order valence-corrected chi connectivity index (χ3v) is 2.80. The Hall–Kier alpha value is -1.16. The highest BCUT2D eigenvalue weighted by molar-refractivity contribution is 5.43. The van der Waals surface area contributed by atoms with Gasteiger partial charge in [0.25, 0.3) is 0 Å². The fourth-order valence-electron chi connectivity index (χ4n) is 1.72.